The van der Waals surface area contributed by atoms with Crippen LogP contribution in [0.5, 0.6) is 0 Å². The molecule has 0 unspecified atom stereocenters. The Kier molecular flexibility index (Phi) is 5.22. The molecular weight excluding hydrogens is 419 g/mol. The number of para-hydroxylation sites is 1. The number of hydrogen-bond acceptors (Lipinski definition) is 3. The lowest BCUT2D eigenvalue weighted by atomic mass is 10.1. The molecule has 4 aromatic rings. The maximum Gasteiger partial charge on any atom is 0.259 e. The molecule has 0 bridgehead atoms. The van der Waals surface area contributed by atoms with Gasteiger partial charge in [-0.05, 0) is 73.5 Å². The number of carbonyl (C=O) groups is 2. The van der Waals surface area contributed by atoms with E-state index in [1.54, 1.807) is 52.9 Å². The predicted molar refractivity (Wildman–Crippen MR) is 124 cm³/mol. The average molecular weight is 440 g/mol. The summed E-state index contributed by atoms with van der Waals surface area (Å²) in [5, 5.41) is 7.11. The topological polar surface area (TPSA) is 67.2 Å². The second-order valence-corrected chi connectivity index (χ2v) is 7.90. The summed E-state index contributed by atoms with van der Waals surface area (Å²) in [6.45, 7) is 2.44. The van der Waals surface area contributed by atoms with Crippen LogP contribution in [-0.2, 0) is 6.42 Å². The summed E-state index contributed by atoms with van der Waals surface area (Å²) in [5.74, 6) is -0.708. The molecule has 7 heteroatoms. The zero-order valence-corrected chi connectivity index (χ0v) is 18.0. The standard InChI is InChI=1S/C26H21FN4O2/c1-17-23(16-28-31(17)22-12-8-20(27)9-13-22)25(32)29-21-10-6-19(7-11-21)26(33)30-15-14-18-4-2-3-5-24(18)30/h2-13,16H,14-15H2,1H3,(H,29,32). The summed E-state index contributed by atoms with van der Waals surface area (Å²) in [7, 11) is 0. The highest BCUT2D eigenvalue weighted by Crippen LogP contribution is 2.29. The monoisotopic (exact) mass is 440 g/mol. The maximum absolute atomic E-state index is 13.2. The number of hydrogen-bond donors (Lipinski definition) is 1. The highest BCUT2D eigenvalue weighted by molar-refractivity contribution is 6.08. The van der Waals surface area contributed by atoms with Gasteiger partial charge in [0.05, 0.1) is 23.1 Å². The lowest BCUT2D eigenvalue weighted by molar-refractivity contribution is 0.0988. The van der Waals surface area contributed by atoms with Gasteiger partial charge in [-0.2, -0.15) is 5.10 Å². The Morgan fingerprint density at radius 2 is 1.70 bits per heavy atom. The molecule has 0 aliphatic carbocycles. The number of fused-ring (bicyclic) bond motifs is 1. The van der Waals surface area contributed by atoms with E-state index in [0.717, 1.165) is 12.1 Å². The second-order valence-electron chi connectivity index (χ2n) is 7.90. The molecule has 1 aromatic heterocycles. The number of rotatable bonds is 4. The molecule has 164 valence electrons. The number of nitrogens with one attached hydrogen (secondary N) is 1. The third-order valence-corrected chi connectivity index (χ3v) is 5.85. The molecular formula is C26H21FN4O2. The van der Waals surface area contributed by atoms with Crippen LogP contribution in [0.15, 0.2) is 79.0 Å². The van der Waals surface area contributed by atoms with Gasteiger partial charge in [0.1, 0.15) is 5.82 Å². The van der Waals surface area contributed by atoms with Gasteiger partial charge in [-0.3, -0.25) is 9.59 Å². The first-order chi connectivity index (χ1) is 16.0. The molecule has 1 aliphatic rings. The number of benzene rings is 3. The van der Waals surface area contributed by atoms with Gasteiger partial charge >= 0.3 is 0 Å². The lowest BCUT2D eigenvalue weighted by Crippen LogP contribution is -2.28. The predicted octanol–water partition coefficient (Wildman–Crippen LogP) is 4.78. The van der Waals surface area contributed by atoms with Crippen LogP contribution in [-0.4, -0.2) is 28.1 Å². The van der Waals surface area contributed by atoms with E-state index >= 15 is 0 Å². The van der Waals surface area contributed by atoms with Crippen molar-refractivity contribution >= 4 is 23.2 Å². The van der Waals surface area contributed by atoms with Crippen molar-refractivity contribution in [1.29, 1.82) is 0 Å². The zero-order chi connectivity index (χ0) is 22.9. The van der Waals surface area contributed by atoms with Crippen LogP contribution in [0.25, 0.3) is 5.69 Å². The Balaban J connectivity index is 1.30. The molecule has 2 heterocycles. The normalized spacial score (nSPS) is 12.5. The van der Waals surface area contributed by atoms with Gasteiger partial charge in [0.25, 0.3) is 11.8 Å². The summed E-state index contributed by atoms with van der Waals surface area (Å²) in [4.78, 5) is 27.6. The number of anilines is 2. The highest BCUT2D eigenvalue weighted by Gasteiger charge is 2.25. The van der Waals surface area contributed by atoms with E-state index in [1.807, 2.05) is 24.3 Å². The zero-order valence-electron chi connectivity index (χ0n) is 18.0. The van der Waals surface area contributed by atoms with Crippen LogP contribution < -0.4 is 10.2 Å². The van der Waals surface area contributed by atoms with Crippen molar-refractivity contribution in [3.05, 3.63) is 107 Å². The maximum atomic E-state index is 13.2. The van der Waals surface area contributed by atoms with Gasteiger partial charge in [0.2, 0.25) is 0 Å². The molecule has 0 radical (unpaired) electrons. The molecule has 0 fully saturated rings. The van der Waals surface area contributed by atoms with Crippen molar-refractivity contribution in [2.75, 3.05) is 16.8 Å². The molecule has 0 saturated heterocycles. The van der Waals surface area contributed by atoms with Crippen LogP contribution in [0.3, 0.4) is 0 Å². The van der Waals surface area contributed by atoms with Gasteiger partial charge in [0, 0.05) is 23.5 Å². The molecule has 6 nitrogen and oxygen atoms in total. The molecule has 0 atom stereocenters. The Morgan fingerprint density at radius 3 is 2.45 bits per heavy atom. The summed E-state index contributed by atoms with van der Waals surface area (Å²) in [6.07, 6.45) is 2.33. The lowest BCUT2D eigenvalue weighted by Gasteiger charge is -2.17. The van der Waals surface area contributed by atoms with Crippen molar-refractivity contribution in [2.45, 2.75) is 13.3 Å². The van der Waals surface area contributed by atoms with E-state index in [2.05, 4.69) is 10.4 Å². The fraction of sp³-hybridized carbons (Fsp3) is 0.115. The van der Waals surface area contributed by atoms with Crippen molar-refractivity contribution in [2.24, 2.45) is 0 Å². The number of aromatic nitrogens is 2. The van der Waals surface area contributed by atoms with E-state index in [1.165, 1.54) is 23.9 Å². The molecule has 33 heavy (non-hydrogen) atoms. The van der Waals surface area contributed by atoms with Gasteiger partial charge in [-0.1, -0.05) is 18.2 Å². The first-order valence-corrected chi connectivity index (χ1v) is 10.6. The van der Waals surface area contributed by atoms with Crippen molar-refractivity contribution in [3.8, 4) is 5.69 Å². The van der Waals surface area contributed by atoms with Crippen LogP contribution in [0, 0.1) is 12.7 Å². The summed E-state index contributed by atoms with van der Waals surface area (Å²) >= 11 is 0. The fourth-order valence-electron chi connectivity index (χ4n) is 4.07. The van der Waals surface area contributed by atoms with E-state index in [4.69, 9.17) is 0 Å². The minimum atomic E-state index is -0.336. The third kappa shape index (κ3) is 3.89. The Labute approximate surface area is 190 Å². The van der Waals surface area contributed by atoms with Crippen LogP contribution in [0.2, 0.25) is 0 Å². The second kappa shape index (κ2) is 8.35. The van der Waals surface area contributed by atoms with E-state index in [-0.39, 0.29) is 17.6 Å². The van der Waals surface area contributed by atoms with Crippen LogP contribution in [0.1, 0.15) is 32.0 Å². The Bertz CT molecular complexity index is 1340. The highest BCUT2D eigenvalue weighted by atomic mass is 19.1. The average Bonchev–Trinajstić information content (AvgIpc) is 3.43. The third-order valence-electron chi connectivity index (χ3n) is 5.85. The Morgan fingerprint density at radius 1 is 0.970 bits per heavy atom. The molecule has 3 aromatic carbocycles. The number of halogens is 1. The molecule has 1 N–H and O–H groups in total. The quantitative estimate of drug-likeness (QED) is 0.497. The van der Waals surface area contributed by atoms with Gasteiger partial charge in [-0.25, -0.2) is 9.07 Å². The van der Waals surface area contributed by atoms with E-state index in [0.29, 0.717) is 34.7 Å². The number of carbonyl (C=O) groups excluding carboxylic acids is 2. The molecule has 1 aliphatic heterocycles. The molecule has 5 rings (SSSR count). The first-order valence-electron chi connectivity index (χ1n) is 10.6. The first kappa shape index (κ1) is 20.6. The van der Waals surface area contributed by atoms with Crippen LogP contribution in [0.4, 0.5) is 15.8 Å². The molecule has 0 saturated carbocycles. The van der Waals surface area contributed by atoms with Gasteiger partial charge in [0.15, 0.2) is 0 Å². The minimum Gasteiger partial charge on any atom is -0.322 e. The summed E-state index contributed by atoms with van der Waals surface area (Å²) in [6, 6.07) is 20.7. The Hall–Kier alpha value is -4.26. The van der Waals surface area contributed by atoms with E-state index in [9.17, 15) is 14.0 Å². The molecule has 0 spiro atoms. The summed E-state index contributed by atoms with van der Waals surface area (Å²) < 4.78 is 14.8. The largest absolute Gasteiger partial charge is 0.322 e. The van der Waals surface area contributed by atoms with Crippen molar-refractivity contribution in [1.82, 2.24) is 9.78 Å². The number of amides is 2. The van der Waals surface area contributed by atoms with Crippen molar-refractivity contribution in [3.63, 3.8) is 0 Å². The van der Waals surface area contributed by atoms with Crippen molar-refractivity contribution < 1.29 is 14.0 Å². The van der Waals surface area contributed by atoms with Gasteiger partial charge < -0.3 is 10.2 Å². The summed E-state index contributed by atoms with van der Waals surface area (Å²) in [5.41, 5.74) is 4.98. The van der Waals surface area contributed by atoms with E-state index < -0.39 is 0 Å². The van der Waals surface area contributed by atoms with Crippen LogP contribution >= 0.6 is 0 Å². The fourth-order valence-corrected chi connectivity index (χ4v) is 4.07. The van der Waals surface area contributed by atoms with Gasteiger partial charge in [-0.15, -0.1) is 0 Å². The number of nitrogens with zero attached hydrogens (tertiary/aromatic N) is 3. The smallest absolute Gasteiger partial charge is 0.259 e. The SMILES string of the molecule is Cc1c(C(=O)Nc2ccc(C(=O)N3CCc4ccccc43)cc2)cnn1-c1ccc(F)cc1. The minimum absolute atomic E-state index is 0.0609. The molecule has 2 amide bonds.